The molecule has 0 aliphatic rings. The van der Waals surface area contributed by atoms with Gasteiger partial charge in [0.15, 0.2) is 0 Å². The lowest BCUT2D eigenvalue weighted by Gasteiger charge is -2.02. The summed E-state index contributed by atoms with van der Waals surface area (Å²) in [6.45, 7) is 0. The van der Waals surface area contributed by atoms with Gasteiger partial charge in [-0.05, 0) is 23.8 Å². The van der Waals surface area contributed by atoms with Gasteiger partial charge < -0.3 is 5.73 Å². The highest BCUT2D eigenvalue weighted by Crippen LogP contribution is 2.14. The van der Waals surface area contributed by atoms with Gasteiger partial charge in [-0.2, -0.15) is 0 Å². The molecular formula is C8H10FNOS. The molecule has 2 nitrogen and oxygen atoms in total. The Morgan fingerprint density at radius 1 is 1.58 bits per heavy atom. The summed E-state index contributed by atoms with van der Waals surface area (Å²) in [5.41, 5.74) is 6.64. The highest BCUT2D eigenvalue weighted by Gasteiger charge is 2.02. The van der Waals surface area contributed by atoms with E-state index in [4.69, 9.17) is 5.73 Å². The molecule has 1 aromatic rings. The van der Waals surface area contributed by atoms with Gasteiger partial charge in [0.1, 0.15) is 5.82 Å². The average Bonchev–Trinajstić information content (AvgIpc) is 1.96. The quantitative estimate of drug-likeness (QED) is 0.709. The molecule has 12 heavy (non-hydrogen) atoms. The maximum Gasteiger partial charge on any atom is 0.123 e. The highest BCUT2D eigenvalue weighted by molar-refractivity contribution is 7.83. The van der Waals surface area contributed by atoms with Crippen molar-refractivity contribution in [3.63, 3.8) is 0 Å². The van der Waals surface area contributed by atoms with E-state index in [-0.39, 0.29) is 5.82 Å². The average molecular weight is 187 g/mol. The molecule has 0 aromatic heterocycles. The zero-order chi connectivity index (χ0) is 9.14. The molecule has 0 heterocycles. The standard InChI is InChI=1S/C8H10FNOS/c1-12(11)5-6-4-7(9)2-3-8(6)10/h2-4H,5,10H2,1H3/t12-/m1/s1. The molecule has 0 aliphatic heterocycles. The van der Waals surface area contributed by atoms with Crippen LogP contribution in [0.15, 0.2) is 18.2 Å². The van der Waals surface area contributed by atoms with Crippen molar-refractivity contribution in [2.75, 3.05) is 12.0 Å². The lowest BCUT2D eigenvalue weighted by atomic mass is 10.2. The van der Waals surface area contributed by atoms with Gasteiger partial charge in [-0.3, -0.25) is 4.21 Å². The predicted octanol–water partition coefficient (Wildman–Crippen LogP) is 1.29. The molecule has 0 spiro atoms. The van der Waals surface area contributed by atoms with Crippen LogP contribution < -0.4 is 5.73 Å². The van der Waals surface area contributed by atoms with Gasteiger partial charge in [-0.15, -0.1) is 0 Å². The van der Waals surface area contributed by atoms with E-state index in [1.54, 1.807) is 6.26 Å². The van der Waals surface area contributed by atoms with Crippen molar-refractivity contribution in [1.29, 1.82) is 0 Å². The molecule has 1 atom stereocenters. The summed E-state index contributed by atoms with van der Waals surface area (Å²) in [4.78, 5) is 0. The summed E-state index contributed by atoms with van der Waals surface area (Å²) < 4.78 is 23.5. The summed E-state index contributed by atoms with van der Waals surface area (Å²) in [6, 6.07) is 4.09. The van der Waals surface area contributed by atoms with E-state index >= 15 is 0 Å². The summed E-state index contributed by atoms with van der Waals surface area (Å²) in [5.74, 6) is -0.0338. The van der Waals surface area contributed by atoms with Crippen molar-refractivity contribution < 1.29 is 8.60 Å². The topological polar surface area (TPSA) is 43.1 Å². The first kappa shape index (κ1) is 9.19. The lowest BCUT2D eigenvalue weighted by Crippen LogP contribution is -1.98. The zero-order valence-electron chi connectivity index (χ0n) is 6.71. The molecule has 0 saturated heterocycles. The number of benzene rings is 1. The first-order valence-corrected chi connectivity index (χ1v) is 5.16. The molecule has 0 saturated carbocycles. The second-order valence-corrected chi connectivity index (χ2v) is 4.00. The first-order chi connectivity index (χ1) is 5.59. The van der Waals surface area contributed by atoms with Crippen molar-refractivity contribution in [2.24, 2.45) is 0 Å². The third-order valence-corrected chi connectivity index (χ3v) is 2.18. The van der Waals surface area contributed by atoms with Crippen molar-refractivity contribution in [1.82, 2.24) is 0 Å². The smallest absolute Gasteiger partial charge is 0.123 e. The van der Waals surface area contributed by atoms with Gasteiger partial charge in [0.2, 0.25) is 0 Å². The summed E-state index contributed by atoms with van der Waals surface area (Å²) in [6.07, 6.45) is 1.56. The SMILES string of the molecule is C[S@@](=O)Cc1cc(F)ccc1N. The van der Waals surface area contributed by atoms with Gasteiger partial charge >= 0.3 is 0 Å². The number of anilines is 1. The van der Waals surface area contributed by atoms with Crippen LogP contribution in [-0.2, 0) is 16.6 Å². The van der Waals surface area contributed by atoms with Crippen molar-refractivity contribution in [2.45, 2.75) is 5.75 Å². The van der Waals surface area contributed by atoms with Crippen LogP contribution in [0.1, 0.15) is 5.56 Å². The summed E-state index contributed by atoms with van der Waals surface area (Å²) >= 11 is 0. The summed E-state index contributed by atoms with van der Waals surface area (Å²) in [5, 5.41) is 0. The Balaban J connectivity index is 2.97. The lowest BCUT2D eigenvalue weighted by molar-refractivity contribution is 0.626. The van der Waals surface area contributed by atoms with E-state index in [1.165, 1.54) is 18.2 Å². The van der Waals surface area contributed by atoms with Crippen molar-refractivity contribution in [3.05, 3.63) is 29.6 Å². The Morgan fingerprint density at radius 3 is 2.83 bits per heavy atom. The minimum absolute atomic E-state index is 0.309. The molecule has 1 rings (SSSR count). The van der Waals surface area contributed by atoms with Gasteiger partial charge in [0.25, 0.3) is 0 Å². The fraction of sp³-hybridized carbons (Fsp3) is 0.250. The largest absolute Gasteiger partial charge is 0.398 e. The van der Waals surface area contributed by atoms with Crippen LogP contribution >= 0.6 is 0 Å². The predicted molar refractivity (Wildman–Crippen MR) is 48.6 cm³/mol. The molecule has 1 aromatic carbocycles. The third-order valence-electron chi connectivity index (χ3n) is 1.46. The minimum Gasteiger partial charge on any atom is -0.398 e. The van der Waals surface area contributed by atoms with Gasteiger partial charge in [-0.1, -0.05) is 0 Å². The zero-order valence-corrected chi connectivity index (χ0v) is 7.53. The maximum absolute atomic E-state index is 12.6. The van der Waals surface area contributed by atoms with Crippen LogP contribution in [0.4, 0.5) is 10.1 Å². The van der Waals surface area contributed by atoms with Crippen LogP contribution in [0, 0.1) is 5.82 Å². The molecule has 2 N–H and O–H groups in total. The normalized spacial score (nSPS) is 12.8. The first-order valence-electron chi connectivity index (χ1n) is 3.43. The van der Waals surface area contributed by atoms with Gasteiger partial charge in [-0.25, -0.2) is 4.39 Å². The Kier molecular flexibility index (Phi) is 2.81. The molecule has 0 unspecified atom stereocenters. The summed E-state index contributed by atoms with van der Waals surface area (Å²) in [7, 11) is -0.982. The molecule has 0 bridgehead atoms. The number of halogens is 1. The number of hydrogen-bond acceptors (Lipinski definition) is 2. The fourth-order valence-corrected chi connectivity index (χ4v) is 1.61. The van der Waals surface area contributed by atoms with Crippen LogP contribution in [-0.4, -0.2) is 10.5 Å². The van der Waals surface area contributed by atoms with Crippen LogP contribution in [0.5, 0.6) is 0 Å². The number of hydrogen-bond donors (Lipinski definition) is 1. The molecule has 0 radical (unpaired) electrons. The molecule has 0 aliphatic carbocycles. The molecule has 0 amide bonds. The van der Waals surface area contributed by atoms with Crippen LogP contribution in [0.25, 0.3) is 0 Å². The van der Waals surface area contributed by atoms with Crippen LogP contribution in [0.3, 0.4) is 0 Å². The Bertz CT molecular complexity index is 314. The van der Waals surface area contributed by atoms with E-state index in [9.17, 15) is 8.60 Å². The Hall–Kier alpha value is -0.900. The Morgan fingerprint density at radius 2 is 2.25 bits per heavy atom. The van der Waals surface area contributed by atoms with E-state index in [0.717, 1.165) is 0 Å². The van der Waals surface area contributed by atoms with Crippen LogP contribution in [0.2, 0.25) is 0 Å². The second kappa shape index (κ2) is 3.67. The second-order valence-electron chi connectivity index (χ2n) is 2.56. The van der Waals surface area contributed by atoms with Gasteiger partial charge in [0, 0.05) is 22.7 Å². The maximum atomic E-state index is 12.6. The number of nitrogens with two attached hydrogens (primary N) is 1. The Labute approximate surface area is 73.0 Å². The minimum atomic E-state index is -0.982. The van der Waals surface area contributed by atoms with Crippen molar-refractivity contribution in [3.8, 4) is 0 Å². The molecule has 66 valence electrons. The number of nitrogen functional groups attached to an aromatic ring is 1. The van der Waals surface area contributed by atoms with Crippen molar-refractivity contribution >= 4 is 16.5 Å². The molecule has 4 heteroatoms. The van der Waals surface area contributed by atoms with Gasteiger partial charge in [0.05, 0.1) is 5.75 Å². The van der Waals surface area contributed by atoms with E-state index in [1.807, 2.05) is 0 Å². The number of rotatable bonds is 2. The highest BCUT2D eigenvalue weighted by atomic mass is 32.2. The fourth-order valence-electron chi connectivity index (χ4n) is 0.918. The monoisotopic (exact) mass is 187 g/mol. The van der Waals surface area contributed by atoms with E-state index in [2.05, 4.69) is 0 Å². The molecule has 0 fully saturated rings. The van der Waals surface area contributed by atoms with E-state index in [0.29, 0.717) is 17.0 Å². The van der Waals surface area contributed by atoms with E-state index < -0.39 is 10.8 Å². The molecular weight excluding hydrogens is 177 g/mol. The third kappa shape index (κ3) is 2.30.